The molecular formula is C25H30F3NO6. The van der Waals surface area contributed by atoms with E-state index in [-0.39, 0.29) is 13.0 Å². The zero-order valence-corrected chi connectivity index (χ0v) is 19.9. The summed E-state index contributed by atoms with van der Waals surface area (Å²) in [7, 11) is 5.07. The summed E-state index contributed by atoms with van der Waals surface area (Å²) >= 11 is 0. The third kappa shape index (κ3) is 8.47. The number of carboxylic acid groups (broad SMARTS) is 1. The summed E-state index contributed by atoms with van der Waals surface area (Å²) in [5.74, 6) is -8.28. The van der Waals surface area contributed by atoms with Crippen LogP contribution >= 0.6 is 0 Å². The SMILES string of the molecule is COc1cccc(CCc2ccccc2OCC(CCN(C)C)OC(=O)C(F)(F)[C@@H](F)C(=O)O)c1. The first-order chi connectivity index (χ1) is 16.5. The van der Waals surface area contributed by atoms with Crippen LogP contribution in [-0.4, -0.2) is 74.5 Å². The average molecular weight is 498 g/mol. The van der Waals surface area contributed by atoms with Gasteiger partial charge >= 0.3 is 17.9 Å². The maximum atomic E-state index is 13.9. The smallest absolute Gasteiger partial charge is 0.384 e. The molecule has 1 unspecified atom stereocenters. The fraction of sp³-hybridized carbons (Fsp3) is 0.440. The third-order valence-electron chi connectivity index (χ3n) is 5.19. The number of ether oxygens (including phenoxy) is 3. The number of carboxylic acids is 1. The van der Waals surface area contributed by atoms with Crippen LogP contribution in [0, 0.1) is 0 Å². The molecule has 10 heteroatoms. The lowest BCUT2D eigenvalue weighted by Crippen LogP contribution is -2.46. The minimum Gasteiger partial charge on any atom is -0.497 e. The van der Waals surface area contributed by atoms with Crippen LogP contribution in [0.4, 0.5) is 13.2 Å². The molecule has 2 rings (SSSR count). The van der Waals surface area contributed by atoms with E-state index < -0.39 is 30.1 Å². The first-order valence-electron chi connectivity index (χ1n) is 11.0. The minimum atomic E-state index is -4.82. The quantitative estimate of drug-likeness (QED) is 0.398. The number of aryl methyl sites for hydroxylation is 2. The lowest BCUT2D eigenvalue weighted by molar-refractivity contribution is -0.194. The molecule has 192 valence electrons. The van der Waals surface area contributed by atoms with E-state index in [0.717, 1.165) is 16.9 Å². The highest BCUT2D eigenvalue weighted by molar-refractivity contribution is 5.87. The van der Waals surface area contributed by atoms with Crippen LogP contribution in [0.1, 0.15) is 17.5 Å². The van der Waals surface area contributed by atoms with Crippen molar-refractivity contribution < 1.29 is 42.1 Å². The molecule has 0 aliphatic rings. The lowest BCUT2D eigenvalue weighted by atomic mass is 10.0. The van der Waals surface area contributed by atoms with Gasteiger partial charge in [-0.15, -0.1) is 0 Å². The van der Waals surface area contributed by atoms with Crippen LogP contribution in [0.2, 0.25) is 0 Å². The van der Waals surface area contributed by atoms with Gasteiger partial charge in [0.05, 0.1) is 7.11 Å². The van der Waals surface area contributed by atoms with Crippen molar-refractivity contribution in [2.45, 2.75) is 37.5 Å². The molecule has 0 spiro atoms. The maximum Gasteiger partial charge on any atom is 0.384 e. The first kappa shape index (κ1) is 28.0. The normalized spacial score (nSPS) is 13.2. The van der Waals surface area contributed by atoms with Crippen molar-refractivity contribution in [3.8, 4) is 11.5 Å². The predicted octanol–water partition coefficient (Wildman–Crippen LogP) is 3.78. The molecule has 35 heavy (non-hydrogen) atoms. The Morgan fingerprint density at radius 2 is 1.80 bits per heavy atom. The largest absolute Gasteiger partial charge is 0.497 e. The maximum absolute atomic E-state index is 13.9. The van der Waals surface area contributed by atoms with Gasteiger partial charge < -0.3 is 24.2 Å². The Morgan fingerprint density at radius 3 is 2.46 bits per heavy atom. The number of alkyl halides is 3. The van der Waals surface area contributed by atoms with E-state index in [4.69, 9.17) is 19.3 Å². The zero-order valence-electron chi connectivity index (χ0n) is 19.9. The lowest BCUT2D eigenvalue weighted by Gasteiger charge is -2.24. The number of rotatable bonds is 14. The van der Waals surface area contributed by atoms with Crippen molar-refractivity contribution in [1.29, 1.82) is 0 Å². The third-order valence-corrected chi connectivity index (χ3v) is 5.19. The van der Waals surface area contributed by atoms with Crippen LogP contribution in [0.5, 0.6) is 11.5 Å². The number of aliphatic carboxylic acids is 1. The van der Waals surface area contributed by atoms with Gasteiger partial charge in [0.1, 0.15) is 24.2 Å². The van der Waals surface area contributed by atoms with Crippen molar-refractivity contribution in [1.82, 2.24) is 4.90 Å². The molecule has 0 heterocycles. The van der Waals surface area contributed by atoms with Crippen LogP contribution in [0.25, 0.3) is 0 Å². The number of methoxy groups -OCH3 is 1. The van der Waals surface area contributed by atoms with Gasteiger partial charge in [0.15, 0.2) is 0 Å². The van der Waals surface area contributed by atoms with E-state index in [1.807, 2.05) is 36.4 Å². The van der Waals surface area contributed by atoms with Gasteiger partial charge in [0, 0.05) is 13.0 Å². The molecule has 1 N–H and O–H groups in total. The van der Waals surface area contributed by atoms with Crippen molar-refractivity contribution >= 4 is 11.9 Å². The molecule has 0 aromatic heterocycles. The summed E-state index contributed by atoms with van der Waals surface area (Å²) in [6.07, 6.45) is -3.43. The molecule has 2 aromatic carbocycles. The van der Waals surface area contributed by atoms with Gasteiger partial charge in [0.2, 0.25) is 0 Å². The molecular weight excluding hydrogens is 467 g/mol. The van der Waals surface area contributed by atoms with E-state index in [2.05, 4.69) is 0 Å². The van der Waals surface area contributed by atoms with Crippen molar-refractivity contribution in [2.75, 3.05) is 34.4 Å². The fourth-order valence-corrected chi connectivity index (χ4v) is 3.21. The summed E-state index contributed by atoms with van der Waals surface area (Å²) in [5, 5.41) is 8.52. The molecule has 7 nitrogen and oxygen atoms in total. The first-order valence-corrected chi connectivity index (χ1v) is 11.0. The molecule has 0 bridgehead atoms. The highest BCUT2D eigenvalue weighted by Gasteiger charge is 2.54. The summed E-state index contributed by atoms with van der Waals surface area (Å²) in [4.78, 5) is 24.2. The minimum absolute atomic E-state index is 0.116. The number of hydrogen-bond donors (Lipinski definition) is 1. The van der Waals surface area contributed by atoms with Crippen LogP contribution in [-0.2, 0) is 27.2 Å². The molecule has 0 amide bonds. The van der Waals surface area contributed by atoms with E-state index in [1.165, 1.54) is 0 Å². The number of benzene rings is 2. The number of carbonyl (C=O) groups excluding carboxylic acids is 1. The summed E-state index contributed by atoms with van der Waals surface area (Å²) in [6, 6.07) is 14.8. The van der Waals surface area contributed by atoms with Gasteiger partial charge in [-0.3, -0.25) is 0 Å². The Bertz CT molecular complexity index is 985. The van der Waals surface area contributed by atoms with E-state index in [1.54, 1.807) is 38.2 Å². The van der Waals surface area contributed by atoms with Crippen LogP contribution in [0.3, 0.4) is 0 Å². The van der Waals surface area contributed by atoms with Crippen molar-refractivity contribution in [2.24, 2.45) is 0 Å². The number of carbonyl (C=O) groups is 2. The van der Waals surface area contributed by atoms with Crippen molar-refractivity contribution in [3.05, 3.63) is 59.7 Å². The van der Waals surface area contributed by atoms with Crippen LogP contribution < -0.4 is 9.47 Å². The molecule has 0 aliphatic heterocycles. The second-order valence-electron chi connectivity index (χ2n) is 8.21. The number of esters is 1. The molecule has 2 atom stereocenters. The highest BCUT2D eigenvalue weighted by Crippen LogP contribution is 2.26. The van der Waals surface area contributed by atoms with Crippen molar-refractivity contribution in [3.63, 3.8) is 0 Å². The Hall–Kier alpha value is -3.27. The second-order valence-corrected chi connectivity index (χ2v) is 8.21. The standard InChI is InChI=1S/C25H30F3NO6/c1-29(2)14-13-20(35-24(32)25(27,28)22(26)23(30)31)16-34-21-10-5-4-8-18(21)12-11-17-7-6-9-19(15-17)33-3/h4-10,15,20,22H,11-14,16H2,1-3H3,(H,30,31)/t20?,22-/m0/s1. The number of halogens is 3. The molecule has 0 saturated carbocycles. The summed E-state index contributed by atoms with van der Waals surface area (Å²) in [6.45, 7) is 0.0954. The van der Waals surface area contributed by atoms with E-state index >= 15 is 0 Å². The zero-order chi connectivity index (χ0) is 26.0. The fourth-order valence-electron chi connectivity index (χ4n) is 3.21. The van der Waals surface area contributed by atoms with E-state index in [0.29, 0.717) is 25.1 Å². The van der Waals surface area contributed by atoms with Gasteiger partial charge in [-0.25, -0.2) is 14.0 Å². The molecule has 0 fully saturated rings. The second kappa shape index (κ2) is 13.0. The predicted molar refractivity (Wildman–Crippen MR) is 123 cm³/mol. The Labute approximate surface area is 202 Å². The van der Waals surface area contributed by atoms with E-state index in [9.17, 15) is 22.8 Å². The Morgan fingerprint density at radius 1 is 1.09 bits per heavy atom. The van der Waals surface area contributed by atoms with Gasteiger partial charge in [-0.1, -0.05) is 30.3 Å². The summed E-state index contributed by atoms with van der Waals surface area (Å²) in [5.41, 5.74) is 1.91. The molecule has 0 saturated heterocycles. The topological polar surface area (TPSA) is 85.3 Å². The number of nitrogens with zero attached hydrogens (tertiary/aromatic N) is 1. The monoisotopic (exact) mass is 497 g/mol. The Kier molecular flexibility index (Phi) is 10.4. The summed E-state index contributed by atoms with van der Waals surface area (Å²) < 4.78 is 57.0. The number of hydrogen-bond acceptors (Lipinski definition) is 6. The molecule has 0 radical (unpaired) electrons. The van der Waals surface area contributed by atoms with Gasteiger partial charge in [-0.2, -0.15) is 8.78 Å². The average Bonchev–Trinajstić information content (AvgIpc) is 2.84. The molecule has 2 aromatic rings. The van der Waals surface area contributed by atoms with Crippen LogP contribution in [0.15, 0.2) is 48.5 Å². The highest BCUT2D eigenvalue weighted by atomic mass is 19.3. The molecule has 0 aliphatic carbocycles. The van der Waals surface area contributed by atoms with Gasteiger partial charge in [0.25, 0.3) is 6.17 Å². The van der Waals surface area contributed by atoms with Gasteiger partial charge in [-0.05, 0) is 56.3 Å². The number of para-hydroxylation sites is 1. The Balaban J connectivity index is 2.08.